The maximum Gasteiger partial charge on any atom is 0.316 e. The molecule has 5 nitrogen and oxygen atoms in total. The number of hydrogen-bond donors (Lipinski definition) is 1. The molecule has 1 aliphatic heterocycles. The van der Waals surface area contributed by atoms with Crippen molar-refractivity contribution < 1.29 is 14.3 Å². The number of aromatic amines is 1. The maximum absolute atomic E-state index is 12.1. The van der Waals surface area contributed by atoms with Crippen molar-refractivity contribution in [2.45, 2.75) is 19.3 Å². The van der Waals surface area contributed by atoms with Crippen LogP contribution in [0.25, 0.3) is 10.9 Å². The van der Waals surface area contributed by atoms with E-state index in [2.05, 4.69) is 4.98 Å². The molecule has 1 unspecified atom stereocenters. The molecule has 1 aromatic carbocycles. The van der Waals surface area contributed by atoms with Gasteiger partial charge in [0.1, 0.15) is 5.92 Å². The minimum absolute atomic E-state index is 0.0154. The van der Waals surface area contributed by atoms with Crippen LogP contribution >= 0.6 is 0 Å². The predicted octanol–water partition coefficient (Wildman–Crippen LogP) is 1.83. The number of amides is 1. The smallest absolute Gasteiger partial charge is 0.316 e. The van der Waals surface area contributed by atoms with E-state index in [1.165, 1.54) is 14.0 Å². The summed E-state index contributed by atoms with van der Waals surface area (Å²) in [6, 6.07) is 7.99. The van der Waals surface area contributed by atoms with E-state index in [1.807, 2.05) is 24.3 Å². The topological polar surface area (TPSA) is 62.4 Å². The van der Waals surface area contributed by atoms with Crippen LogP contribution in [0.3, 0.4) is 0 Å². The number of ether oxygens (including phenoxy) is 1. The number of fused-ring (bicyclic) bond motifs is 3. The van der Waals surface area contributed by atoms with Gasteiger partial charge in [-0.25, -0.2) is 0 Å². The van der Waals surface area contributed by atoms with Crippen LogP contribution < -0.4 is 0 Å². The van der Waals surface area contributed by atoms with Gasteiger partial charge >= 0.3 is 5.97 Å². The summed E-state index contributed by atoms with van der Waals surface area (Å²) in [5.41, 5.74) is 3.02. The third kappa shape index (κ3) is 2.28. The largest absolute Gasteiger partial charge is 0.468 e. The molecule has 1 atom stereocenters. The number of H-pyrrole nitrogens is 1. The second-order valence-corrected chi connectivity index (χ2v) is 5.35. The second-order valence-electron chi connectivity index (χ2n) is 5.35. The third-order valence-electron chi connectivity index (χ3n) is 4.16. The number of para-hydroxylation sites is 1. The van der Waals surface area contributed by atoms with Gasteiger partial charge in [0.15, 0.2) is 0 Å². The number of benzene rings is 1. The van der Waals surface area contributed by atoms with Crippen LogP contribution in [-0.4, -0.2) is 42.0 Å². The van der Waals surface area contributed by atoms with E-state index in [0.29, 0.717) is 13.1 Å². The molecule has 0 bridgehead atoms. The molecule has 2 heterocycles. The van der Waals surface area contributed by atoms with Crippen LogP contribution in [0.2, 0.25) is 0 Å². The Bertz CT molecular complexity index is 705. The van der Waals surface area contributed by atoms with E-state index in [0.717, 1.165) is 28.6 Å². The molecule has 0 radical (unpaired) electrons. The predicted molar refractivity (Wildman–Crippen MR) is 79.0 cm³/mol. The molecule has 1 N–H and O–H groups in total. The molecule has 3 rings (SSSR count). The van der Waals surface area contributed by atoms with Crippen molar-refractivity contribution in [1.82, 2.24) is 9.88 Å². The zero-order valence-corrected chi connectivity index (χ0v) is 12.2. The van der Waals surface area contributed by atoms with E-state index in [1.54, 1.807) is 4.90 Å². The Morgan fingerprint density at radius 2 is 2.10 bits per heavy atom. The normalized spacial score (nSPS) is 18.2. The Morgan fingerprint density at radius 1 is 1.33 bits per heavy atom. The minimum Gasteiger partial charge on any atom is -0.468 e. The first-order chi connectivity index (χ1) is 10.1. The first kappa shape index (κ1) is 13.7. The Balaban J connectivity index is 2.12. The Morgan fingerprint density at radius 3 is 2.81 bits per heavy atom. The first-order valence-corrected chi connectivity index (χ1v) is 7.04. The number of hydrogen-bond acceptors (Lipinski definition) is 3. The van der Waals surface area contributed by atoms with E-state index < -0.39 is 5.92 Å². The number of carbonyl (C=O) groups excluding carboxylic acids is 2. The number of nitrogens with zero attached hydrogens (tertiary/aromatic N) is 1. The highest BCUT2D eigenvalue weighted by atomic mass is 16.5. The molecular weight excluding hydrogens is 268 g/mol. The van der Waals surface area contributed by atoms with Gasteiger partial charge in [0, 0.05) is 36.6 Å². The lowest BCUT2D eigenvalue weighted by Crippen LogP contribution is -2.35. The van der Waals surface area contributed by atoms with Crippen molar-refractivity contribution in [3.63, 3.8) is 0 Å². The van der Waals surface area contributed by atoms with Crippen LogP contribution in [-0.2, 0) is 20.7 Å². The van der Waals surface area contributed by atoms with Crippen molar-refractivity contribution in [2.24, 2.45) is 0 Å². The molecule has 0 saturated heterocycles. The molecule has 1 aromatic heterocycles. The molecule has 1 amide bonds. The summed E-state index contributed by atoms with van der Waals surface area (Å²) in [5, 5.41) is 1.12. The van der Waals surface area contributed by atoms with Crippen molar-refractivity contribution >= 4 is 22.8 Å². The number of nitrogens with one attached hydrogen (secondary N) is 1. The average Bonchev–Trinajstić information content (AvgIpc) is 2.74. The minimum atomic E-state index is -0.455. The van der Waals surface area contributed by atoms with Crippen molar-refractivity contribution in [1.29, 1.82) is 0 Å². The summed E-state index contributed by atoms with van der Waals surface area (Å²) in [6.07, 6.45) is 0.742. The van der Waals surface area contributed by atoms with Gasteiger partial charge in [-0.15, -0.1) is 0 Å². The first-order valence-electron chi connectivity index (χ1n) is 7.04. The second kappa shape index (κ2) is 5.24. The number of rotatable bonds is 1. The lowest BCUT2D eigenvalue weighted by molar-refractivity contribution is -0.143. The van der Waals surface area contributed by atoms with E-state index in [9.17, 15) is 9.59 Å². The Kier molecular flexibility index (Phi) is 3.41. The van der Waals surface area contributed by atoms with Gasteiger partial charge in [-0.05, 0) is 18.1 Å². The molecule has 0 spiro atoms. The molecular formula is C16H18N2O3. The third-order valence-corrected chi connectivity index (χ3v) is 4.16. The van der Waals surface area contributed by atoms with Crippen molar-refractivity contribution in [3.05, 3.63) is 35.5 Å². The monoisotopic (exact) mass is 286 g/mol. The van der Waals surface area contributed by atoms with Gasteiger partial charge in [-0.3, -0.25) is 9.59 Å². The number of esters is 1. The fraction of sp³-hybridized carbons (Fsp3) is 0.375. The van der Waals surface area contributed by atoms with Crippen molar-refractivity contribution in [2.75, 3.05) is 20.2 Å². The van der Waals surface area contributed by atoms with Crippen LogP contribution in [0.1, 0.15) is 24.1 Å². The van der Waals surface area contributed by atoms with Crippen LogP contribution in [0.5, 0.6) is 0 Å². The zero-order chi connectivity index (χ0) is 15.0. The van der Waals surface area contributed by atoms with Crippen LogP contribution in [0, 0.1) is 0 Å². The summed E-state index contributed by atoms with van der Waals surface area (Å²) < 4.78 is 4.93. The molecule has 110 valence electrons. The summed E-state index contributed by atoms with van der Waals surface area (Å²) >= 11 is 0. The number of methoxy groups -OCH3 is 1. The van der Waals surface area contributed by atoms with Gasteiger partial charge in [0.2, 0.25) is 5.91 Å². The lowest BCUT2D eigenvalue weighted by atomic mass is 10.00. The fourth-order valence-electron chi connectivity index (χ4n) is 3.06. The lowest BCUT2D eigenvalue weighted by Gasteiger charge is -2.22. The van der Waals surface area contributed by atoms with Crippen LogP contribution in [0.4, 0.5) is 0 Å². The van der Waals surface area contributed by atoms with Gasteiger partial charge < -0.3 is 14.6 Å². The Hall–Kier alpha value is -2.30. The van der Waals surface area contributed by atoms with E-state index in [-0.39, 0.29) is 11.9 Å². The Labute approximate surface area is 122 Å². The van der Waals surface area contributed by atoms with E-state index in [4.69, 9.17) is 4.74 Å². The summed E-state index contributed by atoms with van der Waals surface area (Å²) in [6.45, 7) is 2.52. The van der Waals surface area contributed by atoms with Gasteiger partial charge in [-0.1, -0.05) is 18.2 Å². The maximum atomic E-state index is 12.1. The number of aromatic nitrogens is 1. The standard InChI is InChI=1S/C16H18N2O3/c1-10(19)18-8-7-12-11-5-3-4-6-14(11)17-15(12)13(9-18)16(20)21-2/h3-6,13,17H,7-9H2,1-2H3. The molecule has 5 heteroatoms. The van der Waals surface area contributed by atoms with Gasteiger partial charge in [0.25, 0.3) is 0 Å². The van der Waals surface area contributed by atoms with Crippen molar-refractivity contribution in [3.8, 4) is 0 Å². The van der Waals surface area contributed by atoms with Crippen LogP contribution in [0.15, 0.2) is 24.3 Å². The molecule has 1 aliphatic rings. The highest BCUT2D eigenvalue weighted by Gasteiger charge is 2.32. The number of carbonyl (C=O) groups is 2. The highest BCUT2D eigenvalue weighted by Crippen LogP contribution is 2.32. The molecule has 21 heavy (non-hydrogen) atoms. The fourth-order valence-corrected chi connectivity index (χ4v) is 3.06. The molecule has 2 aromatic rings. The summed E-state index contributed by atoms with van der Waals surface area (Å²) in [5.74, 6) is -0.780. The summed E-state index contributed by atoms with van der Waals surface area (Å²) in [7, 11) is 1.38. The molecule has 0 saturated carbocycles. The van der Waals surface area contributed by atoms with Gasteiger partial charge in [-0.2, -0.15) is 0 Å². The SMILES string of the molecule is COC(=O)C1CN(C(C)=O)CCc2c1[nH]c1ccccc21. The molecule has 0 fully saturated rings. The highest BCUT2D eigenvalue weighted by molar-refractivity contribution is 5.89. The summed E-state index contributed by atoms with van der Waals surface area (Å²) in [4.78, 5) is 28.9. The zero-order valence-electron chi connectivity index (χ0n) is 12.2. The van der Waals surface area contributed by atoms with Gasteiger partial charge in [0.05, 0.1) is 7.11 Å². The van der Waals surface area contributed by atoms with E-state index >= 15 is 0 Å². The average molecular weight is 286 g/mol. The molecule has 0 aliphatic carbocycles. The quantitative estimate of drug-likeness (QED) is 0.814.